The zero-order valence-corrected chi connectivity index (χ0v) is 18.8. The van der Waals surface area contributed by atoms with Crippen LogP contribution in [-0.2, 0) is 23.4 Å². The number of hydrogen-bond donors (Lipinski definition) is 3. The summed E-state index contributed by atoms with van der Waals surface area (Å²) in [5.41, 5.74) is -0.712. The van der Waals surface area contributed by atoms with E-state index < -0.39 is 23.4 Å². The summed E-state index contributed by atoms with van der Waals surface area (Å²) in [6.07, 6.45) is 3.40. The van der Waals surface area contributed by atoms with E-state index >= 15 is 0 Å². The molecular weight excluding hydrogens is 465 g/mol. The number of aryl methyl sites for hydroxylation is 1. The monoisotopic (exact) mass is 488 g/mol. The Hall–Kier alpha value is -3.48. The van der Waals surface area contributed by atoms with E-state index in [4.69, 9.17) is 0 Å². The van der Waals surface area contributed by atoms with Crippen LogP contribution in [0.5, 0.6) is 0 Å². The van der Waals surface area contributed by atoms with Crippen molar-refractivity contribution in [2.75, 3.05) is 10.2 Å². The third kappa shape index (κ3) is 3.48. The van der Waals surface area contributed by atoms with Gasteiger partial charge in [0.2, 0.25) is 11.9 Å². The molecule has 0 bridgehead atoms. The fraction of sp³-hybridized carbons (Fsp3) is 0.500. The van der Waals surface area contributed by atoms with Gasteiger partial charge in [-0.05, 0) is 38.5 Å². The van der Waals surface area contributed by atoms with Gasteiger partial charge in [0.05, 0.1) is 29.0 Å². The smallest absolute Gasteiger partial charge is 0.393 e. The molecule has 3 aromatic rings. The molecule has 2 atom stereocenters. The maximum absolute atomic E-state index is 13.4. The predicted molar refractivity (Wildman–Crippen MR) is 118 cm³/mol. The molecular formula is C22H23F3N8O2. The predicted octanol–water partition coefficient (Wildman–Crippen LogP) is 3.04. The van der Waals surface area contributed by atoms with Crippen LogP contribution in [0.4, 0.5) is 30.6 Å². The number of aliphatic hydroxyl groups excluding tert-OH is 1. The highest BCUT2D eigenvalue weighted by Crippen LogP contribution is 2.57. The number of halogens is 3. The highest BCUT2D eigenvalue weighted by molar-refractivity contribution is 6.09. The Morgan fingerprint density at radius 2 is 2.06 bits per heavy atom. The lowest BCUT2D eigenvalue weighted by molar-refractivity contribution is -0.140. The summed E-state index contributed by atoms with van der Waals surface area (Å²) in [5, 5.41) is 22.9. The van der Waals surface area contributed by atoms with Gasteiger partial charge < -0.3 is 10.4 Å². The molecule has 0 aromatic carbocycles. The largest absolute Gasteiger partial charge is 0.433 e. The average molecular weight is 488 g/mol. The number of carbonyl (C=O) groups excluding carboxylic acids is 1. The van der Waals surface area contributed by atoms with Gasteiger partial charge in [-0.25, -0.2) is 4.98 Å². The first kappa shape index (κ1) is 22.0. The lowest BCUT2D eigenvalue weighted by Gasteiger charge is -2.33. The van der Waals surface area contributed by atoms with Crippen molar-refractivity contribution in [2.24, 2.45) is 7.05 Å². The Kier molecular flexibility index (Phi) is 4.72. The number of rotatable bonds is 4. The van der Waals surface area contributed by atoms with Crippen molar-refractivity contribution in [1.82, 2.24) is 29.9 Å². The summed E-state index contributed by atoms with van der Waals surface area (Å²) in [5.74, 6) is 0.643. The minimum Gasteiger partial charge on any atom is -0.393 e. The van der Waals surface area contributed by atoms with Crippen LogP contribution < -0.4 is 10.2 Å². The summed E-state index contributed by atoms with van der Waals surface area (Å²) in [7, 11) is 1.59. The second-order valence-electron chi connectivity index (χ2n) is 9.51. The lowest BCUT2D eigenvalue weighted by atomic mass is 9.92. The number of aromatic amines is 1. The van der Waals surface area contributed by atoms with E-state index in [2.05, 4.69) is 25.5 Å². The molecule has 2 fully saturated rings. The van der Waals surface area contributed by atoms with Crippen LogP contribution >= 0.6 is 0 Å². The molecule has 2 aliphatic carbocycles. The third-order valence-electron chi connectivity index (χ3n) is 7.13. The zero-order valence-electron chi connectivity index (χ0n) is 18.8. The number of hydrogen-bond acceptors (Lipinski definition) is 7. The number of anilines is 3. The maximum atomic E-state index is 13.4. The van der Waals surface area contributed by atoms with E-state index in [1.54, 1.807) is 18.1 Å². The van der Waals surface area contributed by atoms with Crippen LogP contribution in [0, 0.1) is 0 Å². The van der Waals surface area contributed by atoms with Gasteiger partial charge in [0.15, 0.2) is 0 Å². The van der Waals surface area contributed by atoms with E-state index in [1.807, 2.05) is 5.10 Å². The number of nitrogens with zero attached hydrogens (tertiary/aromatic N) is 6. The molecule has 2 saturated carbocycles. The lowest BCUT2D eigenvalue weighted by Crippen LogP contribution is -2.44. The van der Waals surface area contributed by atoms with Crippen molar-refractivity contribution in [3.63, 3.8) is 0 Å². The highest BCUT2D eigenvalue weighted by atomic mass is 19.4. The van der Waals surface area contributed by atoms with E-state index in [9.17, 15) is 23.1 Å². The molecule has 0 saturated heterocycles. The summed E-state index contributed by atoms with van der Waals surface area (Å²) in [6.45, 7) is 0. The number of aliphatic hydroxyl groups is 1. The van der Waals surface area contributed by atoms with Gasteiger partial charge in [-0.3, -0.25) is 19.5 Å². The SMILES string of the molecule is Cn1cc(Nc2ncc3c(n2)N([C@@H]2CCC[C@@H](O)C2)C(=O)C32CC2)c(-c2cn[nH]c2C(F)(F)F)n1. The van der Waals surface area contributed by atoms with Crippen LogP contribution in [0.3, 0.4) is 0 Å². The molecule has 13 heteroatoms. The van der Waals surface area contributed by atoms with Gasteiger partial charge in [0.1, 0.15) is 17.2 Å². The fourth-order valence-corrected chi connectivity index (χ4v) is 5.30. The molecule has 3 N–H and O–H groups in total. The Balaban J connectivity index is 1.37. The van der Waals surface area contributed by atoms with Gasteiger partial charge in [0, 0.05) is 31.0 Å². The van der Waals surface area contributed by atoms with Crippen molar-refractivity contribution in [3.05, 3.63) is 29.8 Å². The molecule has 1 aliphatic heterocycles. The molecule has 35 heavy (non-hydrogen) atoms. The first-order valence-electron chi connectivity index (χ1n) is 11.5. The number of fused-ring (bicyclic) bond motifs is 2. The minimum absolute atomic E-state index is 0.00617. The zero-order chi connectivity index (χ0) is 24.5. The first-order valence-corrected chi connectivity index (χ1v) is 11.5. The third-order valence-corrected chi connectivity index (χ3v) is 7.13. The molecule has 1 amide bonds. The van der Waals surface area contributed by atoms with Gasteiger partial charge in [-0.2, -0.15) is 28.4 Å². The number of nitrogens with one attached hydrogen (secondary N) is 2. The average Bonchev–Trinajstić information content (AvgIpc) is 3.18. The Morgan fingerprint density at radius 1 is 1.26 bits per heavy atom. The second-order valence-corrected chi connectivity index (χ2v) is 9.51. The number of H-pyrrole nitrogens is 1. The quantitative estimate of drug-likeness (QED) is 0.516. The van der Waals surface area contributed by atoms with Crippen molar-refractivity contribution in [2.45, 2.75) is 62.3 Å². The first-order chi connectivity index (χ1) is 16.7. The van der Waals surface area contributed by atoms with Crippen molar-refractivity contribution >= 4 is 23.4 Å². The van der Waals surface area contributed by atoms with Gasteiger partial charge >= 0.3 is 6.18 Å². The Labute approximate surface area is 197 Å². The number of amides is 1. The fourth-order valence-electron chi connectivity index (χ4n) is 5.30. The molecule has 3 aliphatic rings. The second kappa shape index (κ2) is 7.51. The molecule has 1 spiro atoms. The molecule has 0 unspecified atom stereocenters. The molecule has 4 heterocycles. The van der Waals surface area contributed by atoms with Crippen LogP contribution in [0.25, 0.3) is 11.3 Å². The summed E-state index contributed by atoms with van der Waals surface area (Å²) >= 11 is 0. The van der Waals surface area contributed by atoms with Gasteiger partial charge in [-0.15, -0.1) is 0 Å². The standard InChI is InChI=1S/C22H23F3N8O2/c1-32-10-15(16(31-32)13-8-27-30-17(13)22(23,24)25)28-20-26-9-14-18(29-20)33(19(35)21(14)5-6-21)11-3-2-4-12(34)7-11/h8-12,34H,2-7H2,1H3,(H,27,30)(H,26,28,29)/t11-,12-/m1/s1. The van der Waals surface area contributed by atoms with Crippen molar-refractivity contribution < 1.29 is 23.1 Å². The summed E-state index contributed by atoms with van der Waals surface area (Å²) in [4.78, 5) is 24.1. The number of alkyl halides is 3. The van der Waals surface area contributed by atoms with E-state index in [0.29, 0.717) is 18.7 Å². The van der Waals surface area contributed by atoms with Crippen LogP contribution in [-0.4, -0.2) is 53.1 Å². The normalized spacial score (nSPS) is 23.1. The Bertz CT molecular complexity index is 1310. The van der Waals surface area contributed by atoms with E-state index in [1.165, 1.54) is 10.9 Å². The maximum Gasteiger partial charge on any atom is 0.433 e. The Morgan fingerprint density at radius 3 is 2.77 bits per heavy atom. The number of aromatic nitrogens is 6. The van der Waals surface area contributed by atoms with E-state index in [0.717, 1.165) is 37.4 Å². The van der Waals surface area contributed by atoms with Crippen LogP contribution in [0.2, 0.25) is 0 Å². The summed E-state index contributed by atoms with van der Waals surface area (Å²) < 4.78 is 41.7. The van der Waals surface area contributed by atoms with Gasteiger partial charge in [-0.1, -0.05) is 0 Å². The van der Waals surface area contributed by atoms with Crippen molar-refractivity contribution in [3.8, 4) is 11.3 Å². The van der Waals surface area contributed by atoms with Crippen LogP contribution in [0.15, 0.2) is 18.6 Å². The highest BCUT2D eigenvalue weighted by Gasteiger charge is 2.61. The van der Waals surface area contributed by atoms with Crippen molar-refractivity contribution in [1.29, 1.82) is 0 Å². The molecule has 184 valence electrons. The van der Waals surface area contributed by atoms with Crippen LogP contribution in [0.1, 0.15) is 49.8 Å². The molecule has 6 rings (SSSR count). The van der Waals surface area contributed by atoms with E-state index in [-0.39, 0.29) is 34.8 Å². The number of carbonyl (C=O) groups is 1. The molecule has 0 radical (unpaired) electrons. The molecule has 3 aromatic heterocycles. The minimum atomic E-state index is -4.63. The topological polar surface area (TPSA) is 125 Å². The van der Waals surface area contributed by atoms with Gasteiger partial charge in [0.25, 0.3) is 0 Å². The summed E-state index contributed by atoms with van der Waals surface area (Å²) in [6, 6.07) is -0.151. The molecule has 10 nitrogen and oxygen atoms in total.